The summed E-state index contributed by atoms with van der Waals surface area (Å²) in [5.74, 6) is 0.209. The maximum absolute atomic E-state index is 12.7. The third-order valence-corrected chi connectivity index (χ3v) is 7.09. The number of aromatic amines is 1. The fourth-order valence-electron chi connectivity index (χ4n) is 4.47. The van der Waals surface area contributed by atoms with E-state index in [1.165, 1.54) is 26.0 Å². The van der Waals surface area contributed by atoms with Gasteiger partial charge in [0.05, 0.1) is 19.0 Å². The number of fused-ring (bicyclic) bond motifs is 1. The van der Waals surface area contributed by atoms with E-state index >= 15 is 0 Å². The van der Waals surface area contributed by atoms with Gasteiger partial charge in [-0.1, -0.05) is 0 Å². The van der Waals surface area contributed by atoms with E-state index < -0.39 is 69.1 Å². The molecule has 0 bridgehead atoms. The highest BCUT2D eigenvalue weighted by Crippen LogP contribution is 2.39. The van der Waals surface area contributed by atoms with Crippen molar-refractivity contribution in [2.75, 3.05) is 26.1 Å². The van der Waals surface area contributed by atoms with E-state index in [0.29, 0.717) is 11.2 Å². The van der Waals surface area contributed by atoms with Gasteiger partial charge in [0.25, 0.3) is 5.56 Å². The number of rotatable bonds is 9. The number of methoxy groups -OCH3 is 1. The predicted molar refractivity (Wildman–Crippen MR) is 126 cm³/mol. The van der Waals surface area contributed by atoms with Crippen LogP contribution in [0.25, 0.3) is 11.2 Å². The van der Waals surface area contributed by atoms with Crippen LogP contribution in [0.15, 0.2) is 34.5 Å². The second kappa shape index (κ2) is 10.9. The number of nitrogens with zero attached hydrogens (tertiary/aromatic N) is 5. The highest BCUT2D eigenvalue weighted by atomic mass is 31.1. The Labute approximate surface area is 214 Å². The molecule has 0 saturated carbocycles. The fraction of sp³-hybridized carbons (Fsp3) is 0.550. The molecule has 8 atom stereocenters. The van der Waals surface area contributed by atoms with Crippen molar-refractivity contribution in [3.63, 3.8) is 0 Å². The normalized spacial score (nSPS) is 29.8. The van der Waals surface area contributed by atoms with Crippen LogP contribution in [0, 0.1) is 0 Å². The molecule has 2 saturated heterocycles. The van der Waals surface area contributed by atoms with Gasteiger partial charge in [0, 0.05) is 30.4 Å². The van der Waals surface area contributed by atoms with Crippen molar-refractivity contribution in [3.05, 3.63) is 45.8 Å². The molecule has 38 heavy (non-hydrogen) atoms. The second-order valence-corrected chi connectivity index (χ2v) is 9.49. The SMILES string of the molecule is COC1C(O[P+](=O)OC[C@H]2O[C@@H](n3cnc4c(N)ncnc43)CC2O)[C@@H](CO)O[C@H]1n1ccc(=O)[nH]c1=O. The van der Waals surface area contributed by atoms with Gasteiger partial charge in [-0.2, -0.15) is 0 Å². The minimum atomic E-state index is -2.80. The Bertz CT molecular complexity index is 1430. The summed E-state index contributed by atoms with van der Waals surface area (Å²) in [5, 5.41) is 20.3. The summed E-state index contributed by atoms with van der Waals surface area (Å²) >= 11 is 0. The molecule has 0 amide bonds. The highest BCUT2D eigenvalue weighted by molar-refractivity contribution is 7.33. The van der Waals surface area contributed by atoms with Gasteiger partial charge in [-0.25, -0.2) is 19.7 Å². The molecule has 5 rings (SSSR count). The van der Waals surface area contributed by atoms with Crippen molar-refractivity contribution in [1.82, 2.24) is 29.1 Å². The van der Waals surface area contributed by atoms with Crippen LogP contribution in [0.1, 0.15) is 18.9 Å². The van der Waals surface area contributed by atoms with Crippen LogP contribution >= 0.6 is 8.25 Å². The van der Waals surface area contributed by atoms with Crippen LogP contribution in [0.5, 0.6) is 0 Å². The van der Waals surface area contributed by atoms with E-state index in [-0.39, 0.29) is 18.8 Å². The largest absolute Gasteiger partial charge is 0.697 e. The number of nitrogen functional groups attached to an aromatic ring is 1. The van der Waals surface area contributed by atoms with Crippen molar-refractivity contribution in [3.8, 4) is 0 Å². The number of anilines is 1. The van der Waals surface area contributed by atoms with Gasteiger partial charge >= 0.3 is 13.9 Å². The van der Waals surface area contributed by atoms with E-state index in [9.17, 15) is 24.4 Å². The highest BCUT2D eigenvalue weighted by Gasteiger charge is 2.52. The molecule has 204 valence electrons. The number of aromatic nitrogens is 6. The van der Waals surface area contributed by atoms with Crippen molar-refractivity contribution in [2.24, 2.45) is 0 Å². The van der Waals surface area contributed by atoms with E-state index in [1.54, 1.807) is 4.57 Å². The molecule has 0 spiro atoms. The number of H-pyrrole nitrogens is 1. The third kappa shape index (κ3) is 4.97. The number of aliphatic hydroxyl groups excluding tert-OH is 2. The number of hydrogen-bond acceptors (Lipinski definition) is 14. The predicted octanol–water partition coefficient (Wildman–Crippen LogP) is -1.43. The average Bonchev–Trinajstić information content (AvgIpc) is 3.58. The number of imidazole rings is 1. The molecule has 2 aliphatic rings. The van der Waals surface area contributed by atoms with Crippen LogP contribution in [0.3, 0.4) is 0 Å². The van der Waals surface area contributed by atoms with Crippen LogP contribution < -0.4 is 17.0 Å². The van der Waals surface area contributed by atoms with E-state index in [1.807, 2.05) is 0 Å². The second-order valence-electron chi connectivity index (χ2n) is 8.57. The molecule has 4 unspecified atom stereocenters. The smallest absolute Gasteiger partial charge is 0.394 e. The Morgan fingerprint density at radius 3 is 2.76 bits per heavy atom. The van der Waals surface area contributed by atoms with Gasteiger partial charge in [0.15, 0.2) is 23.8 Å². The van der Waals surface area contributed by atoms with Crippen molar-refractivity contribution in [1.29, 1.82) is 0 Å². The molecule has 5 heterocycles. The molecule has 0 aliphatic carbocycles. The summed E-state index contributed by atoms with van der Waals surface area (Å²) < 4.78 is 43.2. The lowest BCUT2D eigenvalue weighted by Gasteiger charge is -2.20. The minimum Gasteiger partial charge on any atom is -0.394 e. The Hall–Kier alpha value is -3.15. The summed E-state index contributed by atoms with van der Waals surface area (Å²) in [6, 6.07) is 1.12. The first-order chi connectivity index (χ1) is 18.3. The molecule has 0 radical (unpaired) electrons. The van der Waals surface area contributed by atoms with Crippen LogP contribution in [-0.4, -0.2) is 90.1 Å². The molecular weight excluding hydrogens is 529 g/mol. The Kier molecular flexibility index (Phi) is 7.60. The number of nitrogens with two attached hydrogens (primary N) is 1. The number of hydrogen-bond donors (Lipinski definition) is 4. The van der Waals surface area contributed by atoms with Gasteiger partial charge in [-0.3, -0.25) is 18.9 Å². The van der Waals surface area contributed by atoms with E-state index in [2.05, 4.69) is 19.9 Å². The summed E-state index contributed by atoms with van der Waals surface area (Å²) in [5.41, 5.74) is 5.29. The van der Waals surface area contributed by atoms with E-state index in [0.717, 1.165) is 10.6 Å². The standard InChI is InChI=1S/C20H24N7O10P/c1-33-16-15(10(5-28)36-19(16)26-3-2-12(30)25-20(26)31)37-38(32)34-6-11-9(29)4-13(35-11)27-8-24-14-17(21)22-7-23-18(14)27/h2-3,7-11,13,15-16,19,28-29H,4-6H2,1H3,(H2-,21,22,23,25,30,31)/p+1/t9?,10-,11-,13-,15?,16?,19-/m1/s1. The molecule has 0 aromatic carbocycles. The zero-order valence-electron chi connectivity index (χ0n) is 19.9. The fourth-order valence-corrected chi connectivity index (χ4v) is 5.25. The first kappa shape index (κ1) is 26.5. The molecule has 5 N–H and O–H groups in total. The maximum atomic E-state index is 12.7. The van der Waals surface area contributed by atoms with E-state index in [4.69, 9.17) is 29.0 Å². The van der Waals surface area contributed by atoms with Crippen LogP contribution in [0.4, 0.5) is 5.82 Å². The molecule has 17 nitrogen and oxygen atoms in total. The number of aliphatic hydroxyl groups is 2. The minimum absolute atomic E-state index is 0.186. The lowest BCUT2D eigenvalue weighted by Crippen LogP contribution is -2.39. The monoisotopic (exact) mass is 554 g/mol. The summed E-state index contributed by atoms with van der Waals surface area (Å²) in [6.07, 6.45) is -2.45. The van der Waals surface area contributed by atoms with Crippen molar-refractivity contribution < 1.29 is 38.0 Å². The summed E-state index contributed by atoms with van der Waals surface area (Å²) in [4.78, 5) is 38.0. The maximum Gasteiger partial charge on any atom is 0.697 e. The van der Waals surface area contributed by atoms with Gasteiger partial charge in [0.1, 0.15) is 43.0 Å². The number of nitrogens with one attached hydrogen (secondary N) is 1. The zero-order chi connectivity index (χ0) is 27.0. The van der Waals surface area contributed by atoms with Gasteiger partial charge < -0.3 is 30.2 Å². The lowest BCUT2D eigenvalue weighted by molar-refractivity contribution is -0.0625. The zero-order valence-corrected chi connectivity index (χ0v) is 20.8. The summed E-state index contributed by atoms with van der Waals surface area (Å²) in [6.45, 7) is -0.824. The van der Waals surface area contributed by atoms with Crippen molar-refractivity contribution >= 4 is 25.2 Å². The molecule has 3 aromatic rings. The first-order valence-electron chi connectivity index (χ1n) is 11.4. The van der Waals surface area contributed by atoms with Crippen molar-refractivity contribution in [2.45, 2.75) is 49.4 Å². The Morgan fingerprint density at radius 2 is 2.03 bits per heavy atom. The Balaban J connectivity index is 1.22. The van der Waals surface area contributed by atoms with Gasteiger partial charge in [-0.05, 0) is 0 Å². The first-order valence-corrected chi connectivity index (χ1v) is 12.5. The van der Waals surface area contributed by atoms with Gasteiger partial charge in [-0.15, -0.1) is 9.05 Å². The van der Waals surface area contributed by atoms with Gasteiger partial charge in [0.2, 0.25) is 0 Å². The molecule has 2 fully saturated rings. The molecule has 3 aromatic heterocycles. The molecule has 18 heteroatoms. The molecule has 2 aliphatic heterocycles. The third-order valence-electron chi connectivity index (χ3n) is 6.32. The number of ether oxygens (including phenoxy) is 3. The molecular formula is C20H25N7O10P+. The topological polar surface area (TPSA) is 228 Å². The Morgan fingerprint density at radius 1 is 1.21 bits per heavy atom. The lowest BCUT2D eigenvalue weighted by atomic mass is 10.1. The van der Waals surface area contributed by atoms with Crippen LogP contribution in [-0.2, 0) is 27.8 Å². The quantitative estimate of drug-likeness (QED) is 0.222. The van der Waals surface area contributed by atoms with Crippen LogP contribution in [0.2, 0.25) is 0 Å². The average molecular weight is 554 g/mol. The summed E-state index contributed by atoms with van der Waals surface area (Å²) in [7, 11) is -1.48.